The summed E-state index contributed by atoms with van der Waals surface area (Å²) in [6.07, 6.45) is 7.59. The number of nitrogens with two attached hydrogens (primary N) is 1. The van der Waals surface area contributed by atoms with Crippen molar-refractivity contribution < 1.29 is 9.53 Å². The number of carbonyl (C=O) groups excluding carboxylic acids is 1. The highest BCUT2D eigenvalue weighted by molar-refractivity contribution is 5.95. The maximum Gasteiger partial charge on any atom is 0.248 e. The summed E-state index contributed by atoms with van der Waals surface area (Å²) >= 11 is 0. The molecule has 8 nitrogen and oxygen atoms in total. The minimum Gasteiger partial charge on any atom is -0.369 e. The number of aromatic nitrogens is 2. The number of benzene rings is 1. The smallest absolute Gasteiger partial charge is 0.248 e. The largest absolute Gasteiger partial charge is 0.369 e. The van der Waals surface area contributed by atoms with Crippen LogP contribution in [0.15, 0.2) is 60.3 Å². The molecule has 158 valence electrons. The van der Waals surface area contributed by atoms with Crippen LogP contribution in [0.2, 0.25) is 0 Å². The monoisotopic (exact) mass is 416 g/mol. The third kappa shape index (κ3) is 4.19. The van der Waals surface area contributed by atoms with Crippen LogP contribution in [0.25, 0.3) is 0 Å². The number of hydrogen-bond donors (Lipinski definition) is 2. The van der Waals surface area contributed by atoms with E-state index in [-0.39, 0.29) is 6.04 Å². The highest BCUT2D eigenvalue weighted by Gasteiger charge is 2.31. The summed E-state index contributed by atoms with van der Waals surface area (Å²) in [6.45, 7) is 2.35. The van der Waals surface area contributed by atoms with Gasteiger partial charge < -0.3 is 20.7 Å². The number of methoxy groups -OCH3 is 1. The minimum atomic E-state index is -0.616. The maximum absolute atomic E-state index is 11.4. The Kier molecular flexibility index (Phi) is 5.80. The van der Waals surface area contributed by atoms with E-state index in [0.29, 0.717) is 30.1 Å². The van der Waals surface area contributed by atoms with Gasteiger partial charge in [-0.3, -0.25) is 4.79 Å². The predicted octanol–water partition coefficient (Wildman–Crippen LogP) is 1.71. The molecule has 1 saturated heterocycles. The fourth-order valence-electron chi connectivity index (χ4n) is 4.00. The zero-order valence-electron chi connectivity index (χ0n) is 17.3. The zero-order valence-corrected chi connectivity index (χ0v) is 17.3. The number of rotatable bonds is 5. The summed E-state index contributed by atoms with van der Waals surface area (Å²) in [7, 11) is 1.66. The van der Waals surface area contributed by atoms with Gasteiger partial charge in [0.05, 0.1) is 6.04 Å². The molecule has 2 aromatic rings. The van der Waals surface area contributed by atoms with Crippen molar-refractivity contribution >= 4 is 11.6 Å². The van der Waals surface area contributed by atoms with E-state index >= 15 is 0 Å². The standard InChI is InChI=1S/C23H24N6O2/c1-31-23(9-6-16(7-10-23)21(25)30)17-2-4-19(5-3-17)29-13-12-26-20(15-29)22-27-11-8-18(14-24)28-22/h2-9,11,20,26H,10,12-13,15H2,1H3,(H2,25,30). The van der Waals surface area contributed by atoms with Gasteiger partial charge in [0.1, 0.15) is 23.2 Å². The molecule has 2 atom stereocenters. The van der Waals surface area contributed by atoms with Crippen molar-refractivity contribution in [1.29, 1.82) is 5.26 Å². The number of nitrogens with one attached hydrogen (secondary N) is 1. The number of ether oxygens (including phenoxy) is 1. The Morgan fingerprint density at radius 1 is 1.35 bits per heavy atom. The molecule has 8 heteroatoms. The molecule has 1 aromatic heterocycles. The number of piperazine rings is 1. The molecule has 1 aliphatic carbocycles. The molecule has 1 amide bonds. The van der Waals surface area contributed by atoms with Crippen molar-refractivity contribution in [2.75, 3.05) is 31.6 Å². The first-order chi connectivity index (χ1) is 15.0. The first kappa shape index (κ1) is 20.7. The molecular formula is C23H24N6O2. The second-order valence-electron chi connectivity index (χ2n) is 7.57. The van der Waals surface area contributed by atoms with Crippen LogP contribution < -0.4 is 16.0 Å². The molecule has 1 aromatic carbocycles. The fourth-order valence-corrected chi connectivity index (χ4v) is 4.00. The molecule has 1 fully saturated rings. The lowest BCUT2D eigenvalue weighted by Crippen LogP contribution is -2.46. The average molecular weight is 416 g/mol. The third-order valence-electron chi connectivity index (χ3n) is 5.80. The van der Waals surface area contributed by atoms with Crippen molar-refractivity contribution in [3.05, 3.63) is 77.4 Å². The Balaban J connectivity index is 1.51. The number of anilines is 1. The Bertz CT molecular complexity index is 1070. The maximum atomic E-state index is 11.4. The van der Waals surface area contributed by atoms with Gasteiger partial charge in [-0.2, -0.15) is 5.26 Å². The van der Waals surface area contributed by atoms with E-state index < -0.39 is 11.5 Å². The summed E-state index contributed by atoms with van der Waals surface area (Å²) in [5.41, 5.74) is 7.72. The lowest BCUT2D eigenvalue weighted by molar-refractivity contribution is -0.114. The SMILES string of the molecule is COC1(c2ccc(N3CCNC(c4nccc(C#N)n4)C3)cc2)C=CC(C(N)=O)=CC1. The van der Waals surface area contributed by atoms with Gasteiger partial charge in [-0.05, 0) is 29.8 Å². The van der Waals surface area contributed by atoms with Crippen LogP contribution in [0.4, 0.5) is 5.69 Å². The fraction of sp³-hybridized carbons (Fsp3) is 0.304. The topological polar surface area (TPSA) is 117 Å². The van der Waals surface area contributed by atoms with Crippen LogP contribution in [0.5, 0.6) is 0 Å². The second-order valence-corrected chi connectivity index (χ2v) is 7.57. The van der Waals surface area contributed by atoms with Gasteiger partial charge in [-0.1, -0.05) is 24.3 Å². The molecule has 2 unspecified atom stereocenters. The Morgan fingerprint density at radius 2 is 2.16 bits per heavy atom. The lowest BCUT2D eigenvalue weighted by Gasteiger charge is -2.35. The van der Waals surface area contributed by atoms with Crippen LogP contribution in [0.1, 0.15) is 29.5 Å². The number of amides is 1. The van der Waals surface area contributed by atoms with Crippen molar-refractivity contribution in [3.8, 4) is 6.07 Å². The van der Waals surface area contributed by atoms with Gasteiger partial charge in [-0.25, -0.2) is 9.97 Å². The molecule has 2 aliphatic rings. The Labute approximate surface area is 181 Å². The van der Waals surface area contributed by atoms with Crippen LogP contribution in [0.3, 0.4) is 0 Å². The van der Waals surface area contributed by atoms with Crippen LogP contribution >= 0.6 is 0 Å². The van der Waals surface area contributed by atoms with Crippen molar-refractivity contribution in [3.63, 3.8) is 0 Å². The first-order valence-corrected chi connectivity index (χ1v) is 10.1. The average Bonchev–Trinajstić information content (AvgIpc) is 2.84. The van der Waals surface area contributed by atoms with Crippen LogP contribution in [-0.2, 0) is 15.1 Å². The predicted molar refractivity (Wildman–Crippen MR) is 116 cm³/mol. The number of nitriles is 1. The van der Waals surface area contributed by atoms with E-state index in [1.807, 2.05) is 12.2 Å². The van der Waals surface area contributed by atoms with Crippen LogP contribution in [0, 0.1) is 11.3 Å². The highest BCUT2D eigenvalue weighted by atomic mass is 16.5. The lowest BCUT2D eigenvalue weighted by atomic mass is 9.85. The molecule has 31 heavy (non-hydrogen) atoms. The van der Waals surface area contributed by atoms with Gasteiger partial charge in [0, 0.05) is 50.6 Å². The van der Waals surface area contributed by atoms with Gasteiger partial charge in [0.2, 0.25) is 5.91 Å². The quantitative estimate of drug-likeness (QED) is 0.762. The van der Waals surface area contributed by atoms with E-state index in [0.717, 1.165) is 24.3 Å². The summed E-state index contributed by atoms with van der Waals surface area (Å²) in [4.78, 5) is 22.3. The summed E-state index contributed by atoms with van der Waals surface area (Å²) < 4.78 is 5.82. The molecule has 0 bridgehead atoms. The van der Waals surface area contributed by atoms with E-state index in [9.17, 15) is 4.79 Å². The highest BCUT2D eigenvalue weighted by Crippen LogP contribution is 2.36. The summed E-state index contributed by atoms with van der Waals surface area (Å²) in [5.74, 6) is 0.192. The molecule has 4 rings (SSSR count). The second kappa shape index (κ2) is 8.68. The van der Waals surface area contributed by atoms with E-state index in [1.54, 1.807) is 25.4 Å². The Morgan fingerprint density at radius 3 is 2.81 bits per heavy atom. The van der Waals surface area contributed by atoms with E-state index in [1.165, 1.54) is 0 Å². The van der Waals surface area contributed by atoms with Crippen LogP contribution in [-0.4, -0.2) is 42.6 Å². The molecule has 0 radical (unpaired) electrons. The third-order valence-corrected chi connectivity index (χ3v) is 5.80. The normalized spacial score (nSPS) is 23.2. The van der Waals surface area contributed by atoms with Gasteiger partial charge in [0.25, 0.3) is 0 Å². The number of primary amides is 1. The minimum absolute atomic E-state index is 0.0503. The number of hydrogen-bond acceptors (Lipinski definition) is 7. The van der Waals surface area contributed by atoms with Crippen molar-refractivity contribution in [2.45, 2.75) is 18.1 Å². The van der Waals surface area contributed by atoms with Crippen molar-refractivity contribution in [1.82, 2.24) is 15.3 Å². The molecular weight excluding hydrogens is 392 g/mol. The number of nitrogens with zero attached hydrogens (tertiary/aromatic N) is 4. The molecule has 0 spiro atoms. The van der Waals surface area contributed by atoms with E-state index in [2.05, 4.69) is 50.5 Å². The van der Waals surface area contributed by atoms with Gasteiger partial charge in [0.15, 0.2) is 0 Å². The first-order valence-electron chi connectivity index (χ1n) is 10.1. The molecule has 1 aliphatic heterocycles. The van der Waals surface area contributed by atoms with E-state index in [4.69, 9.17) is 15.7 Å². The zero-order chi connectivity index (χ0) is 21.8. The molecule has 0 saturated carbocycles. The Hall–Kier alpha value is -3.54. The summed E-state index contributed by atoms with van der Waals surface area (Å²) in [5, 5.41) is 12.5. The summed E-state index contributed by atoms with van der Waals surface area (Å²) in [6, 6.07) is 11.9. The number of carbonyl (C=O) groups is 1. The van der Waals surface area contributed by atoms with Gasteiger partial charge in [-0.15, -0.1) is 0 Å². The molecule has 3 N–H and O–H groups in total. The van der Waals surface area contributed by atoms with Crippen molar-refractivity contribution in [2.24, 2.45) is 5.73 Å². The van der Waals surface area contributed by atoms with Gasteiger partial charge >= 0.3 is 0 Å². The molecule has 2 heterocycles.